The second kappa shape index (κ2) is 8.92. The molecule has 0 aliphatic carbocycles. The fraction of sp³-hybridized carbons (Fsp3) is 0.833. The van der Waals surface area contributed by atoms with Crippen molar-refractivity contribution in [2.24, 2.45) is 0 Å². The van der Waals surface area contributed by atoms with E-state index in [1.54, 1.807) is 0 Å². The Hall–Kier alpha value is 0.920. The summed E-state index contributed by atoms with van der Waals surface area (Å²) in [6, 6.07) is 0. The smallest absolute Gasteiger partial charge is 0.566 e. The van der Waals surface area contributed by atoms with Gasteiger partial charge in [0.2, 0.25) is 0 Å². The molecule has 1 atom stereocenters. The van der Waals surface area contributed by atoms with Gasteiger partial charge in [-0.3, -0.25) is 0 Å². The molecule has 0 bridgehead atoms. The first-order valence-corrected chi connectivity index (χ1v) is 2.88. The number of aliphatic hydroxyl groups is 1. The Morgan fingerprint density at radius 2 is 2.00 bits per heavy atom. The molecule has 1 rings (SSSR count). The van der Waals surface area contributed by atoms with Crippen molar-refractivity contribution in [2.45, 2.75) is 26.4 Å². The van der Waals surface area contributed by atoms with Gasteiger partial charge in [0.1, 0.15) is 0 Å². The summed E-state index contributed by atoms with van der Waals surface area (Å²) in [4.78, 5) is 0. The molecule has 1 heterocycles. The normalized spacial score (nSPS) is 21.0. The van der Waals surface area contributed by atoms with Crippen LogP contribution in [-0.4, -0.2) is 17.8 Å². The van der Waals surface area contributed by atoms with Crippen molar-refractivity contribution in [1.82, 2.24) is 0 Å². The van der Waals surface area contributed by atoms with Crippen molar-refractivity contribution in [3.05, 3.63) is 6.61 Å². The number of rotatable bonds is 1. The summed E-state index contributed by atoms with van der Waals surface area (Å²) in [7, 11) is 0. The first kappa shape index (κ1) is 12.6. The van der Waals surface area contributed by atoms with Gasteiger partial charge in [-0.1, -0.05) is 6.92 Å². The third-order valence-electron chi connectivity index (χ3n) is 0.683. The maximum absolute atomic E-state index is 7.75. The van der Waals surface area contributed by atoms with Crippen LogP contribution in [0.3, 0.4) is 0 Å². The van der Waals surface area contributed by atoms with E-state index in [9.17, 15) is 0 Å². The van der Waals surface area contributed by atoms with Crippen LogP contribution in [0.4, 0.5) is 0 Å². The Morgan fingerprint density at radius 3 is 2.00 bits per heavy atom. The predicted molar refractivity (Wildman–Crippen MR) is 31.9 cm³/mol. The quantitative estimate of drug-likeness (QED) is 0.268. The molecule has 0 spiro atoms. The SMILES string of the molecule is CC1CO1.CC[CH-]O.[Na+]. The molecule has 0 radical (unpaired) electrons. The summed E-state index contributed by atoms with van der Waals surface area (Å²) in [5, 5.41) is 7.75. The minimum absolute atomic E-state index is 0. The maximum atomic E-state index is 7.75. The fourth-order valence-electron chi connectivity index (χ4n) is 0.0962. The van der Waals surface area contributed by atoms with Crippen LogP contribution in [0.15, 0.2) is 0 Å². The molecular weight excluding hydrogens is 127 g/mol. The Bertz CT molecular complexity index is 44.3. The van der Waals surface area contributed by atoms with Gasteiger partial charge < -0.3 is 9.84 Å². The van der Waals surface area contributed by atoms with Crippen LogP contribution in [0.2, 0.25) is 0 Å². The molecule has 50 valence electrons. The van der Waals surface area contributed by atoms with E-state index >= 15 is 0 Å². The molecular formula is C6H13NaO2. The van der Waals surface area contributed by atoms with Crippen molar-refractivity contribution < 1.29 is 39.4 Å². The van der Waals surface area contributed by atoms with Crippen molar-refractivity contribution in [3.63, 3.8) is 0 Å². The molecule has 1 aliphatic heterocycles. The summed E-state index contributed by atoms with van der Waals surface area (Å²) in [6.07, 6.45) is 1.33. The average molecular weight is 140 g/mol. The zero-order chi connectivity index (χ0) is 6.41. The predicted octanol–water partition coefficient (Wildman–Crippen LogP) is -1.66. The van der Waals surface area contributed by atoms with Gasteiger partial charge in [0, 0.05) is 0 Å². The van der Waals surface area contributed by atoms with Gasteiger partial charge in [0.05, 0.1) is 12.7 Å². The van der Waals surface area contributed by atoms with Crippen molar-refractivity contribution in [1.29, 1.82) is 0 Å². The molecule has 3 heteroatoms. The number of epoxide rings is 1. The molecule has 9 heavy (non-hydrogen) atoms. The molecule has 1 unspecified atom stereocenters. The first-order chi connectivity index (χ1) is 3.81. The minimum atomic E-state index is 0. The van der Waals surface area contributed by atoms with E-state index in [2.05, 4.69) is 6.92 Å². The molecule has 2 nitrogen and oxygen atoms in total. The van der Waals surface area contributed by atoms with Crippen LogP contribution < -0.4 is 29.6 Å². The van der Waals surface area contributed by atoms with Crippen molar-refractivity contribution in [3.8, 4) is 0 Å². The summed E-state index contributed by atoms with van der Waals surface area (Å²) in [5.41, 5.74) is 0. The first-order valence-electron chi connectivity index (χ1n) is 2.88. The summed E-state index contributed by atoms with van der Waals surface area (Å²) < 4.78 is 4.71. The number of hydrogen-bond acceptors (Lipinski definition) is 2. The number of ether oxygens (including phenoxy) is 1. The van der Waals surface area contributed by atoms with Gasteiger partial charge in [-0.2, -0.15) is 6.42 Å². The minimum Gasteiger partial charge on any atom is -0.566 e. The Labute approximate surface area is 78.9 Å². The Balaban J connectivity index is 0. The monoisotopic (exact) mass is 140 g/mol. The third kappa shape index (κ3) is 17.6. The molecule has 1 saturated heterocycles. The van der Waals surface area contributed by atoms with Gasteiger partial charge in [0.25, 0.3) is 0 Å². The molecule has 1 N–H and O–H groups in total. The summed E-state index contributed by atoms with van der Waals surface area (Å²) >= 11 is 0. The van der Waals surface area contributed by atoms with Crippen molar-refractivity contribution >= 4 is 0 Å². The zero-order valence-corrected chi connectivity index (χ0v) is 8.42. The third-order valence-corrected chi connectivity index (χ3v) is 0.683. The average Bonchev–Trinajstić information content (AvgIpc) is 2.52. The van der Waals surface area contributed by atoms with Gasteiger partial charge in [-0.15, -0.1) is 0 Å². The standard InChI is InChI=1S/C3H6O.C3H7O.Na/c1-3-2-4-3;1-2-3-4;/h3H,2H2,1H3;3-4H,2H2,1H3;/q;-1;+1. The fourth-order valence-corrected chi connectivity index (χ4v) is 0.0962. The van der Waals surface area contributed by atoms with E-state index < -0.39 is 0 Å². The van der Waals surface area contributed by atoms with E-state index in [1.807, 2.05) is 6.92 Å². The molecule has 1 aliphatic rings. The van der Waals surface area contributed by atoms with E-state index in [0.29, 0.717) is 6.10 Å². The van der Waals surface area contributed by atoms with Crippen molar-refractivity contribution in [2.75, 3.05) is 6.61 Å². The second-order valence-corrected chi connectivity index (χ2v) is 1.73. The Morgan fingerprint density at radius 1 is 1.78 bits per heavy atom. The Kier molecular flexibility index (Phi) is 12.5. The van der Waals surface area contributed by atoms with E-state index in [4.69, 9.17) is 9.84 Å². The van der Waals surface area contributed by atoms with Gasteiger partial charge in [0.15, 0.2) is 0 Å². The van der Waals surface area contributed by atoms with Gasteiger partial charge in [-0.05, 0) is 6.92 Å². The molecule has 0 aromatic carbocycles. The summed E-state index contributed by atoms with van der Waals surface area (Å²) in [5.74, 6) is 0. The van der Waals surface area contributed by atoms with E-state index in [0.717, 1.165) is 19.6 Å². The van der Waals surface area contributed by atoms with E-state index in [-0.39, 0.29) is 29.6 Å². The number of aliphatic hydroxyl groups excluding tert-OH is 1. The molecule has 0 aromatic rings. The zero-order valence-electron chi connectivity index (χ0n) is 6.42. The summed E-state index contributed by atoms with van der Waals surface area (Å²) in [6.45, 7) is 6.04. The largest absolute Gasteiger partial charge is 1.00 e. The van der Waals surface area contributed by atoms with Crippen LogP contribution in [0.5, 0.6) is 0 Å². The van der Waals surface area contributed by atoms with Crippen LogP contribution in [0.25, 0.3) is 0 Å². The van der Waals surface area contributed by atoms with Gasteiger partial charge in [-0.25, -0.2) is 6.61 Å². The topological polar surface area (TPSA) is 32.8 Å². The molecule has 0 aromatic heterocycles. The molecule has 0 amide bonds. The maximum Gasteiger partial charge on any atom is 1.00 e. The second-order valence-electron chi connectivity index (χ2n) is 1.73. The van der Waals surface area contributed by atoms with Crippen LogP contribution in [0, 0.1) is 6.61 Å². The van der Waals surface area contributed by atoms with Crippen LogP contribution >= 0.6 is 0 Å². The molecule has 0 saturated carbocycles. The molecule has 1 fully saturated rings. The van der Waals surface area contributed by atoms with Gasteiger partial charge >= 0.3 is 29.6 Å². The van der Waals surface area contributed by atoms with Crippen LogP contribution in [0.1, 0.15) is 20.3 Å². The number of hydrogen-bond donors (Lipinski definition) is 1. The van der Waals surface area contributed by atoms with Crippen LogP contribution in [-0.2, 0) is 4.74 Å². The van der Waals surface area contributed by atoms with E-state index in [1.165, 1.54) is 0 Å².